The van der Waals surface area contributed by atoms with E-state index in [1.165, 1.54) is 5.56 Å². The van der Waals surface area contributed by atoms with Gasteiger partial charge in [-0.1, -0.05) is 29.3 Å². The highest BCUT2D eigenvalue weighted by Crippen LogP contribution is 2.31. The van der Waals surface area contributed by atoms with Gasteiger partial charge in [0, 0.05) is 23.0 Å². The Balaban J connectivity index is 0.00000200. The number of benzene rings is 1. The zero-order valence-electron chi connectivity index (χ0n) is 11.4. The number of nitrogens with two attached hydrogens (primary N) is 1. The maximum Gasteiger partial charge on any atom is 0.146 e. The topological polar surface area (TPSA) is 38.7 Å². The third-order valence-corrected chi connectivity index (χ3v) is 3.26. The highest BCUT2D eigenvalue weighted by molar-refractivity contribution is 6.35. The van der Waals surface area contributed by atoms with Gasteiger partial charge in [0.15, 0.2) is 0 Å². The standard InChI is InChI=1S/C14H14Cl2N2O.2ClH/c1-19-14-11(5-12(15)6-13(14)16)9-18-8-10-3-2-4-17-7-10;;/h2-7,18H,8-9H2,1H3;2*1H. The van der Waals surface area contributed by atoms with Gasteiger partial charge in [0.2, 0.25) is 0 Å². The number of ether oxygens (including phenoxy) is 1. The molecule has 0 atom stereocenters. The highest BCUT2D eigenvalue weighted by atomic mass is 35.5. The molecule has 2 N–H and O–H groups in total. The maximum atomic E-state index is 6.10. The Morgan fingerprint density at radius 2 is 2.00 bits per heavy atom. The first kappa shape index (κ1) is 20.3. The summed E-state index contributed by atoms with van der Waals surface area (Å²) in [7, 11) is 1.61. The Kier molecular flexibility index (Phi) is 9.75. The van der Waals surface area contributed by atoms with Gasteiger partial charge >= 0.3 is 0 Å². The average molecular weight is 370 g/mol. The minimum atomic E-state index is 0. The van der Waals surface area contributed by atoms with Crippen LogP contribution in [0.5, 0.6) is 5.75 Å². The van der Waals surface area contributed by atoms with Crippen LogP contribution in [0.3, 0.4) is 0 Å². The summed E-state index contributed by atoms with van der Waals surface area (Å²) in [5.74, 6) is 0.688. The fourth-order valence-corrected chi connectivity index (χ4v) is 2.52. The van der Waals surface area contributed by atoms with E-state index in [0.29, 0.717) is 15.8 Å². The molecule has 0 aliphatic rings. The molecule has 0 fully saturated rings. The summed E-state index contributed by atoms with van der Waals surface area (Å²) in [6, 6.07) is 7.55. The molecular weight excluding hydrogens is 354 g/mol. The minimum absolute atomic E-state index is 0. The van der Waals surface area contributed by atoms with Crippen molar-refractivity contribution in [3.63, 3.8) is 0 Å². The van der Waals surface area contributed by atoms with Crippen molar-refractivity contribution >= 4 is 35.6 Å². The van der Waals surface area contributed by atoms with E-state index in [-0.39, 0.29) is 24.8 Å². The molecule has 0 saturated carbocycles. The van der Waals surface area contributed by atoms with Gasteiger partial charge < -0.3 is 22.5 Å². The van der Waals surface area contributed by atoms with Gasteiger partial charge in [-0.25, -0.2) is 0 Å². The number of halogens is 4. The first-order chi connectivity index (χ1) is 9.20. The number of aromatic nitrogens is 1. The van der Waals surface area contributed by atoms with Crippen LogP contribution in [0, 0.1) is 0 Å². The van der Waals surface area contributed by atoms with Crippen LogP contribution in [-0.2, 0) is 13.1 Å². The number of methoxy groups -OCH3 is 1. The molecule has 0 unspecified atom stereocenters. The van der Waals surface area contributed by atoms with Crippen molar-refractivity contribution in [3.05, 3.63) is 57.8 Å². The van der Waals surface area contributed by atoms with Gasteiger partial charge in [0.1, 0.15) is 18.8 Å². The molecule has 2 aromatic rings. The zero-order valence-corrected chi connectivity index (χ0v) is 14.4. The maximum absolute atomic E-state index is 6.10. The predicted molar refractivity (Wildman–Crippen MR) is 83.8 cm³/mol. The van der Waals surface area contributed by atoms with Crippen LogP contribution in [-0.4, -0.2) is 12.1 Å². The molecule has 0 bridgehead atoms. The summed E-state index contributed by atoms with van der Waals surface area (Å²) in [5.41, 5.74) is 2.17. The summed E-state index contributed by atoms with van der Waals surface area (Å²) in [6.07, 6.45) is 3.63. The molecule has 0 aliphatic heterocycles. The van der Waals surface area contributed by atoms with E-state index >= 15 is 0 Å². The van der Waals surface area contributed by atoms with Crippen LogP contribution in [0.2, 0.25) is 10.0 Å². The van der Waals surface area contributed by atoms with E-state index in [2.05, 4.69) is 10.3 Å². The molecule has 0 amide bonds. The first-order valence-corrected chi connectivity index (χ1v) is 6.68. The number of hydrogen-bond donors (Lipinski definition) is 1. The van der Waals surface area contributed by atoms with Crippen LogP contribution < -0.4 is 22.5 Å². The average Bonchev–Trinajstić information content (AvgIpc) is 2.39. The highest BCUT2D eigenvalue weighted by Gasteiger charge is 2.11. The number of quaternary nitrogens is 1. The molecule has 0 radical (unpaired) electrons. The Labute approximate surface area is 146 Å². The van der Waals surface area contributed by atoms with Gasteiger partial charge in [-0.05, 0) is 18.2 Å². The van der Waals surface area contributed by atoms with Gasteiger partial charge in [0.05, 0.1) is 17.7 Å². The molecule has 0 saturated heterocycles. The van der Waals surface area contributed by atoms with E-state index in [4.69, 9.17) is 27.9 Å². The van der Waals surface area contributed by atoms with E-state index in [1.807, 2.05) is 24.4 Å². The van der Waals surface area contributed by atoms with Crippen LogP contribution in [0.15, 0.2) is 36.7 Å². The molecule has 7 heteroatoms. The molecule has 0 spiro atoms. The summed E-state index contributed by atoms with van der Waals surface area (Å²) in [5, 5.41) is 3.32. The van der Waals surface area contributed by atoms with Crippen molar-refractivity contribution in [1.29, 1.82) is 0 Å². The number of pyridine rings is 1. The molecule has 3 nitrogen and oxygen atoms in total. The first-order valence-electron chi connectivity index (χ1n) is 5.93. The SMILES string of the molecule is COc1c(Cl)cc(Cl)cc1C[NH2+]Cc1cccnc1.Cl.[Cl-]. The second-order valence-corrected chi connectivity index (χ2v) is 4.98. The molecule has 2 rings (SSSR count). The second-order valence-electron chi connectivity index (χ2n) is 4.14. The molecule has 0 aliphatic carbocycles. The molecular formula is C14H16Cl4N2O. The second kappa shape index (κ2) is 10.1. The lowest BCUT2D eigenvalue weighted by atomic mass is 10.2. The monoisotopic (exact) mass is 368 g/mol. The summed E-state index contributed by atoms with van der Waals surface area (Å²) >= 11 is 12.1. The van der Waals surface area contributed by atoms with Crippen molar-refractivity contribution < 1.29 is 22.5 Å². The predicted octanol–water partition coefficient (Wildman–Crippen LogP) is 0.0864. The number of hydrogen-bond acceptors (Lipinski definition) is 2. The Morgan fingerprint density at radius 3 is 2.62 bits per heavy atom. The van der Waals surface area contributed by atoms with E-state index in [0.717, 1.165) is 18.7 Å². The smallest absolute Gasteiger partial charge is 0.146 e. The molecule has 1 aromatic carbocycles. The quantitative estimate of drug-likeness (QED) is 0.811. The normalized spacial score (nSPS) is 9.48. The van der Waals surface area contributed by atoms with E-state index in [9.17, 15) is 0 Å². The zero-order chi connectivity index (χ0) is 13.7. The third kappa shape index (κ3) is 5.89. The largest absolute Gasteiger partial charge is 1.00 e. The fourth-order valence-electron chi connectivity index (χ4n) is 1.91. The van der Waals surface area contributed by atoms with E-state index < -0.39 is 0 Å². The van der Waals surface area contributed by atoms with Crippen molar-refractivity contribution in [3.8, 4) is 5.75 Å². The lowest BCUT2D eigenvalue weighted by Gasteiger charge is -2.10. The molecule has 21 heavy (non-hydrogen) atoms. The van der Waals surface area contributed by atoms with Crippen LogP contribution >= 0.6 is 35.6 Å². The summed E-state index contributed by atoms with van der Waals surface area (Å²) in [4.78, 5) is 4.09. The van der Waals surface area contributed by atoms with Gasteiger partial charge in [-0.3, -0.25) is 4.98 Å². The minimum Gasteiger partial charge on any atom is -1.00 e. The number of nitrogens with zero attached hydrogens (tertiary/aromatic N) is 1. The van der Waals surface area contributed by atoms with Crippen molar-refractivity contribution in [1.82, 2.24) is 4.98 Å². The summed E-state index contributed by atoms with van der Waals surface area (Å²) < 4.78 is 5.31. The Hall–Kier alpha value is -0.710. The van der Waals surface area contributed by atoms with Gasteiger partial charge in [0.25, 0.3) is 0 Å². The van der Waals surface area contributed by atoms with E-state index in [1.54, 1.807) is 19.4 Å². The van der Waals surface area contributed by atoms with Crippen LogP contribution in [0.25, 0.3) is 0 Å². The van der Waals surface area contributed by atoms with Crippen LogP contribution in [0.1, 0.15) is 11.1 Å². The van der Waals surface area contributed by atoms with Gasteiger partial charge in [-0.15, -0.1) is 12.4 Å². The van der Waals surface area contributed by atoms with Crippen molar-refractivity contribution in [2.24, 2.45) is 0 Å². The third-order valence-electron chi connectivity index (χ3n) is 2.76. The van der Waals surface area contributed by atoms with Gasteiger partial charge in [-0.2, -0.15) is 0 Å². The van der Waals surface area contributed by atoms with Crippen LogP contribution in [0.4, 0.5) is 0 Å². The summed E-state index contributed by atoms with van der Waals surface area (Å²) in [6.45, 7) is 1.60. The molecule has 1 aromatic heterocycles. The lowest BCUT2D eigenvalue weighted by Crippen LogP contribution is -3.00. The van der Waals surface area contributed by atoms with Crippen molar-refractivity contribution in [2.45, 2.75) is 13.1 Å². The van der Waals surface area contributed by atoms with Crippen molar-refractivity contribution in [2.75, 3.05) is 7.11 Å². The Morgan fingerprint density at radius 1 is 1.24 bits per heavy atom. The Bertz CT molecular complexity index is 552. The molecule has 1 heterocycles. The fraction of sp³-hybridized carbons (Fsp3) is 0.214. The number of rotatable bonds is 5. The molecule has 116 valence electrons. The lowest BCUT2D eigenvalue weighted by molar-refractivity contribution is -0.686.